The first-order valence-corrected chi connectivity index (χ1v) is 9.03. The molecular formula is C20H23N3O3. The summed E-state index contributed by atoms with van der Waals surface area (Å²) < 4.78 is 5.24. The first-order valence-electron chi connectivity index (χ1n) is 9.03. The van der Waals surface area contributed by atoms with Crippen LogP contribution in [0.25, 0.3) is 0 Å². The van der Waals surface area contributed by atoms with Crippen molar-refractivity contribution in [2.24, 2.45) is 11.3 Å². The Labute approximate surface area is 152 Å². The third-order valence-corrected chi connectivity index (χ3v) is 5.48. The second kappa shape index (κ2) is 6.86. The molecule has 2 aliphatic rings. The maximum absolute atomic E-state index is 12.4. The molecule has 2 fully saturated rings. The average molecular weight is 353 g/mol. The fourth-order valence-electron chi connectivity index (χ4n) is 3.83. The van der Waals surface area contributed by atoms with E-state index in [-0.39, 0.29) is 23.3 Å². The minimum absolute atomic E-state index is 0.00406. The summed E-state index contributed by atoms with van der Waals surface area (Å²) in [5.41, 5.74) is 1.05. The highest BCUT2D eigenvalue weighted by Crippen LogP contribution is 2.58. The van der Waals surface area contributed by atoms with Gasteiger partial charge in [0.15, 0.2) is 0 Å². The molecule has 1 aromatic heterocycles. The van der Waals surface area contributed by atoms with Crippen molar-refractivity contribution in [2.45, 2.75) is 25.9 Å². The number of urea groups is 1. The number of carbonyl (C=O) groups excluding carboxylic acids is 2. The van der Waals surface area contributed by atoms with Crippen LogP contribution in [0.2, 0.25) is 0 Å². The smallest absolute Gasteiger partial charge is 0.317 e. The largest absolute Gasteiger partial charge is 0.467 e. The highest BCUT2D eigenvalue weighted by atomic mass is 16.3. The highest BCUT2D eigenvalue weighted by molar-refractivity contribution is 5.83. The summed E-state index contributed by atoms with van der Waals surface area (Å²) in [6.07, 6.45) is 3.35. The van der Waals surface area contributed by atoms with Crippen molar-refractivity contribution in [1.82, 2.24) is 15.5 Å². The first kappa shape index (κ1) is 16.7. The molecule has 1 saturated heterocycles. The molecule has 4 rings (SSSR count). The molecule has 26 heavy (non-hydrogen) atoms. The third kappa shape index (κ3) is 3.45. The van der Waals surface area contributed by atoms with Gasteiger partial charge in [-0.1, -0.05) is 30.3 Å². The van der Waals surface area contributed by atoms with E-state index in [9.17, 15) is 9.59 Å². The number of carbonyl (C=O) groups is 2. The van der Waals surface area contributed by atoms with E-state index in [2.05, 4.69) is 10.6 Å². The monoisotopic (exact) mass is 353 g/mol. The van der Waals surface area contributed by atoms with Gasteiger partial charge in [0, 0.05) is 31.0 Å². The molecule has 1 saturated carbocycles. The summed E-state index contributed by atoms with van der Waals surface area (Å²) in [4.78, 5) is 26.6. The van der Waals surface area contributed by atoms with Crippen LogP contribution in [0, 0.1) is 11.3 Å². The molecule has 0 unspecified atom stereocenters. The topological polar surface area (TPSA) is 74.6 Å². The fraction of sp³-hybridized carbons (Fsp3) is 0.400. The number of amides is 3. The molecule has 2 atom stereocenters. The lowest BCUT2D eigenvalue weighted by Gasteiger charge is -2.17. The Hall–Kier alpha value is -2.76. The Morgan fingerprint density at radius 3 is 2.73 bits per heavy atom. The van der Waals surface area contributed by atoms with Gasteiger partial charge in [-0.3, -0.25) is 4.79 Å². The molecule has 2 N–H and O–H groups in total. The minimum Gasteiger partial charge on any atom is -0.467 e. The quantitative estimate of drug-likeness (QED) is 0.867. The Kier molecular flexibility index (Phi) is 4.41. The molecule has 1 aliphatic carbocycles. The molecule has 2 aromatic rings. The van der Waals surface area contributed by atoms with Crippen molar-refractivity contribution in [3.63, 3.8) is 0 Å². The second-order valence-corrected chi connectivity index (χ2v) is 7.23. The number of hydrogen-bond acceptors (Lipinski definition) is 3. The summed E-state index contributed by atoms with van der Waals surface area (Å²) in [6, 6.07) is 13.5. The molecular weight excluding hydrogens is 330 g/mol. The van der Waals surface area contributed by atoms with Gasteiger partial charge in [-0.25, -0.2) is 4.79 Å². The van der Waals surface area contributed by atoms with Crippen molar-refractivity contribution in [3.8, 4) is 0 Å². The van der Waals surface area contributed by atoms with Crippen LogP contribution in [0.1, 0.15) is 24.2 Å². The fourth-order valence-corrected chi connectivity index (χ4v) is 3.83. The van der Waals surface area contributed by atoms with Crippen LogP contribution in [-0.4, -0.2) is 29.9 Å². The van der Waals surface area contributed by atoms with Gasteiger partial charge in [0.25, 0.3) is 0 Å². The van der Waals surface area contributed by atoms with Gasteiger partial charge in [0.05, 0.1) is 12.8 Å². The minimum atomic E-state index is -0.0487. The van der Waals surface area contributed by atoms with Crippen LogP contribution in [0.15, 0.2) is 53.1 Å². The predicted molar refractivity (Wildman–Crippen MR) is 96.0 cm³/mol. The van der Waals surface area contributed by atoms with Crippen LogP contribution in [0.3, 0.4) is 0 Å². The summed E-state index contributed by atoms with van der Waals surface area (Å²) >= 11 is 0. The Morgan fingerprint density at radius 1 is 1.12 bits per heavy atom. The molecule has 0 bridgehead atoms. The molecule has 1 aliphatic heterocycles. The standard InChI is InChI=1S/C20H23N3O3/c24-18(21-13-16-7-4-10-26-16)17-11-20(17)8-9-23(14-20)19(25)22-12-15-5-2-1-3-6-15/h1-7,10,17H,8-9,11-14H2,(H,21,24)(H,22,25)/t17-,20-/m1/s1. The number of likely N-dealkylation sites (tertiary alicyclic amines) is 1. The average Bonchev–Trinajstić information content (AvgIpc) is 3.02. The second-order valence-electron chi connectivity index (χ2n) is 7.23. The first-order chi connectivity index (χ1) is 12.7. The van der Waals surface area contributed by atoms with Crippen LogP contribution in [0.5, 0.6) is 0 Å². The van der Waals surface area contributed by atoms with Gasteiger partial charge >= 0.3 is 6.03 Å². The molecule has 6 heteroatoms. The van der Waals surface area contributed by atoms with E-state index >= 15 is 0 Å². The van der Waals surface area contributed by atoms with Crippen LogP contribution < -0.4 is 10.6 Å². The lowest BCUT2D eigenvalue weighted by molar-refractivity contribution is -0.123. The van der Waals surface area contributed by atoms with E-state index in [4.69, 9.17) is 4.42 Å². The van der Waals surface area contributed by atoms with Crippen molar-refractivity contribution in [3.05, 3.63) is 60.1 Å². The Balaban J connectivity index is 1.24. The highest BCUT2D eigenvalue weighted by Gasteiger charge is 2.61. The number of benzene rings is 1. The van der Waals surface area contributed by atoms with Gasteiger partial charge in [-0.15, -0.1) is 0 Å². The molecule has 6 nitrogen and oxygen atoms in total. The van der Waals surface area contributed by atoms with Gasteiger partial charge < -0.3 is 20.0 Å². The maximum Gasteiger partial charge on any atom is 0.317 e. The zero-order valence-electron chi connectivity index (χ0n) is 14.6. The lowest BCUT2D eigenvalue weighted by atomic mass is 10.0. The van der Waals surface area contributed by atoms with E-state index in [1.165, 1.54) is 0 Å². The van der Waals surface area contributed by atoms with Crippen LogP contribution in [-0.2, 0) is 17.9 Å². The number of rotatable bonds is 5. The van der Waals surface area contributed by atoms with Crippen molar-refractivity contribution >= 4 is 11.9 Å². The lowest BCUT2D eigenvalue weighted by Crippen LogP contribution is -2.38. The third-order valence-electron chi connectivity index (χ3n) is 5.48. The normalized spacial score (nSPS) is 23.8. The predicted octanol–water partition coefficient (Wildman–Crippen LogP) is 2.52. The van der Waals surface area contributed by atoms with Crippen LogP contribution >= 0.6 is 0 Å². The summed E-state index contributed by atoms with van der Waals surface area (Å²) in [7, 11) is 0. The van der Waals surface area contributed by atoms with Crippen LogP contribution in [0.4, 0.5) is 4.79 Å². The molecule has 3 amide bonds. The molecule has 136 valence electrons. The zero-order chi connectivity index (χ0) is 18.0. The molecule has 1 spiro atoms. The SMILES string of the molecule is O=C(NCc1ccco1)[C@H]1C[C@@]12CCN(C(=O)NCc1ccccc1)C2. The van der Waals surface area contributed by atoms with E-state index in [0.717, 1.165) is 24.2 Å². The van der Waals surface area contributed by atoms with Crippen molar-refractivity contribution < 1.29 is 14.0 Å². The summed E-state index contributed by atoms with van der Waals surface area (Å²) in [6.45, 7) is 2.31. The number of hydrogen-bond donors (Lipinski definition) is 2. The number of furan rings is 1. The number of nitrogens with zero attached hydrogens (tertiary/aromatic N) is 1. The zero-order valence-corrected chi connectivity index (χ0v) is 14.6. The van der Waals surface area contributed by atoms with Gasteiger partial charge in [-0.05, 0) is 30.5 Å². The van der Waals surface area contributed by atoms with Crippen molar-refractivity contribution in [1.29, 1.82) is 0 Å². The van der Waals surface area contributed by atoms with E-state index < -0.39 is 0 Å². The van der Waals surface area contributed by atoms with E-state index in [1.807, 2.05) is 47.4 Å². The van der Waals surface area contributed by atoms with Crippen molar-refractivity contribution in [2.75, 3.05) is 13.1 Å². The number of nitrogens with one attached hydrogen (secondary N) is 2. The molecule has 2 heterocycles. The Bertz CT molecular complexity index is 775. The van der Waals surface area contributed by atoms with Gasteiger partial charge in [-0.2, -0.15) is 0 Å². The van der Waals surface area contributed by atoms with E-state index in [0.29, 0.717) is 26.2 Å². The summed E-state index contributed by atoms with van der Waals surface area (Å²) in [5, 5.41) is 5.91. The van der Waals surface area contributed by atoms with Gasteiger partial charge in [0.2, 0.25) is 5.91 Å². The molecule has 1 aromatic carbocycles. The Morgan fingerprint density at radius 2 is 1.96 bits per heavy atom. The molecule has 0 radical (unpaired) electrons. The van der Waals surface area contributed by atoms with Gasteiger partial charge in [0.1, 0.15) is 5.76 Å². The van der Waals surface area contributed by atoms with E-state index in [1.54, 1.807) is 6.26 Å². The summed E-state index contributed by atoms with van der Waals surface area (Å²) in [5.74, 6) is 0.818. The maximum atomic E-state index is 12.4.